The summed E-state index contributed by atoms with van der Waals surface area (Å²) in [6.07, 6.45) is 9.50. The zero-order valence-corrected chi connectivity index (χ0v) is 16.5. The van der Waals surface area contributed by atoms with Gasteiger partial charge in [0.15, 0.2) is 0 Å². The van der Waals surface area contributed by atoms with E-state index in [9.17, 15) is 19.8 Å². The summed E-state index contributed by atoms with van der Waals surface area (Å²) < 4.78 is 5.18. The van der Waals surface area contributed by atoms with E-state index in [-0.39, 0.29) is 23.2 Å². The van der Waals surface area contributed by atoms with Crippen LogP contribution in [0.3, 0.4) is 0 Å². The molecular weight excluding hydrogens is 356 g/mol. The van der Waals surface area contributed by atoms with Gasteiger partial charge in [0, 0.05) is 11.5 Å². The van der Waals surface area contributed by atoms with Crippen LogP contribution in [0.2, 0.25) is 0 Å². The lowest BCUT2D eigenvalue weighted by Gasteiger charge is -2.59. The Morgan fingerprint density at radius 3 is 2.75 bits per heavy atom. The average molecular weight is 386 g/mol. The molecule has 0 amide bonds. The summed E-state index contributed by atoms with van der Waals surface area (Å²) >= 11 is 0. The number of ether oxygens (including phenoxy) is 1. The number of aldehydes is 1. The van der Waals surface area contributed by atoms with Gasteiger partial charge >= 0.3 is 5.97 Å². The number of aliphatic hydroxyl groups is 2. The fraction of sp³-hybridized carbons (Fsp3) is 0.739. The number of hydrogen-bond donors (Lipinski definition) is 2. The Morgan fingerprint density at radius 2 is 2.04 bits per heavy atom. The van der Waals surface area contributed by atoms with Gasteiger partial charge in [0.1, 0.15) is 12.9 Å². The summed E-state index contributed by atoms with van der Waals surface area (Å²) in [5.41, 5.74) is 2.11. The van der Waals surface area contributed by atoms with Gasteiger partial charge in [-0.1, -0.05) is 18.6 Å². The van der Waals surface area contributed by atoms with E-state index >= 15 is 0 Å². The zero-order valence-electron chi connectivity index (χ0n) is 16.5. The van der Waals surface area contributed by atoms with Crippen LogP contribution >= 0.6 is 0 Å². The summed E-state index contributed by atoms with van der Waals surface area (Å²) in [5, 5.41) is 20.5. The summed E-state index contributed by atoms with van der Waals surface area (Å²) in [6.45, 7) is 2.74. The zero-order chi connectivity index (χ0) is 19.7. The van der Waals surface area contributed by atoms with E-state index in [1.807, 2.05) is 0 Å². The first-order valence-electron chi connectivity index (χ1n) is 10.8. The molecule has 0 saturated heterocycles. The molecule has 0 aromatic rings. The molecule has 5 aliphatic rings. The van der Waals surface area contributed by atoms with E-state index in [4.69, 9.17) is 4.74 Å². The molecule has 0 aromatic carbocycles. The van der Waals surface area contributed by atoms with E-state index < -0.39 is 17.6 Å². The van der Waals surface area contributed by atoms with Crippen molar-refractivity contribution in [1.82, 2.24) is 0 Å². The summed E-state index contributed by atoms with van der Waals surface area (Å²) in [7, 11) is 0. The van der Waals surface area contributed by atoms with Gasteiger partial charge in [0.25, 0.3) is 0 Å². The first-order valence-corrected chi connectivity index (χ1v) is 10.8. The standard InChI is InChI=1S/C23H30O5/c1-22-7-6-18-15(17(22)5-4-16(22)13-8-21(27)28-11-13)3-2-14-9-19(25)20(26)10-23(14,18)12-24/h5,8,12,14-16,18-20,25-26H,2-4,6-7,9-11H2,1H3/t14-,15-,16+,18-,19+,20+,22+,23+/m0/s1. The molecule has 3 saturated carbocycles. The molecule has 3 fully saturated rings. The van der Waals surface area contributed by atoms with Crippen molar-refractivity contribution < 1.29 is 24.5 Å². The van der Waals surface area contributed by atoms with Crippen molar-refractivity contribution in [2.45, 2.75) is 64.1 Å². The minimum Gasteiger partial charge on any atom is -0.458 e. The lowest BCUT2D eigenvalue weighted by molar-refractivity contribution is -0.156. The van der Waals surface area contributed by atoms with E-state index in [2.05, 4.69) is 13.0 Å². The number of carbonyl (C=O) groups excluding carboxylic acids is 2. The number of allylic oxidation sites excluding steroid dienone is 2. The molecule has 5 rings (SSSR count). The van der Waals surface area contributed by atoms with Crippen molar-refractivity contribution in [2.24, 2.45) is 34.5 Å². The number of esters is 1. The molecule has 0 unspecified atom stereocenters. The first kappa shape index (κ1) is 18.6. The van der Waals surface area contributed by atoms with Crippen LogP contribution in [0, 0.1) is 34.5 Å². The van der Waals surface area contributed by atoms with Crippen molar-refractivity contribution in [3.63, 3.8) is 0 Å². The highest BCUT2D eigenvalue weighted by molar-refractivity contribution is 5.85. The highest BCUT2D eigenvalue weighted by Crippen LogP contribution is 2.66. The summed E-state index contributed by atoms with van der Waals surface area (Å²) in [6, 6.07) is 0. The molecule has 8 atom stereocenters. The molecule has 152 valence electrons. The van der Waals surface area contributed by atoms with E-state index in [1.165, 1.54) is 5.57 Å². The van der Waals surface area contributed by atoms with Crippen molar-refractivity contribution in [3.05, 3.63) is 23.3 Å². The van der Waals surface area contributed by atoms with Gasteiger partial charge in [-0.3, -0.25) is 0 Å². The Labute approximate surface area is 165 Å². The third-order valence-electron chi connectivity index (χ3n) is 9.02. The van der Waals surface area contributed by atoms with Crippen LogP contribution in [0.5, 0.6) is 0 Å². The molecule has 5 heteroatoms. The minimum atomic E-state index is -0.800. The predicted molar refractivity (Wildman–Crippen MR) is 102 cm³/mol. The van der Waals surface area contributed by atoms with Crippen LogP contribution < -0.4 is 0 Å². The molecule has 2 N–H and O–H groups in total. The highest BCUT2D eigenvalue weighted by atomic mass is 16.5. The maximum absolute atomic E-state index is 12.4. The van der Waals surface area contributed by atoms with Crippen molar-refractivity contribution in [1.29, 1.82) is 0 Å². The molecule has 1 heterocycles. The van der Waals surface area contributed by atoms with Gasteiger partial charge in [0.05, 0.1) is 12.2 Å². The molecule has 4 aliphatic carbocycles. The van der Waals surface area contributed by atoms with Crippen molar-refractivity contribution in [2.75, 3.05) is 6.61 Å². The number of cyclic esters (lactones) is 1. The fourth-order valence-corrected chi connectivity index (χ4v) is 7.64. The minimum absolute atomic E-state index is 0.0324. The molecule has 5 nitrogen and oxygen atoms in total. The maximum Gasteiger partial charge on any atom is 0.331 e. The SMILES string of the molecule is C[C@]12CC[C@H]3[C@@H](CC[C@H]4C[C@@H](O)[C@H](O)C[C@@]43C=O)C1=CC[C@@H]2C1=CC(=O)OC1. The van der Waals surface area contributed by atoms with Crippen LogP contribution in [0.4, 0.5) is 0 Å². The highest BCUT2D eigenvalue weighted by Gasteiger charge is 2.61. The number of carbonyl (C=O) groups is 2. The summed E-state index contributed by atoms with van der Waals surface area (Å²) in [5.74, 6) is 0.885. The number of aliphatic hydroxyl groups excluding tert-OH is 2. The van der Waals surface area contributed by atoms with Crippen LogP contribution in [-0.4, -0.2) is 41.3 Å². The number of hydrogen-bond acceptors (Lipinski definition) is 5. The molecule has 0 radical (unpaired) electrons. The van der Waals surface area contributed by atoms with E-state index in [1.54, 1.807) is 6.08 Å². The summed E-state index contributed by atoms with van der Waals surface area (Å²) in [4.78, 5) is 24.0. The fourth-order valence-electron chi connectivity index (χ4n) is 7.64. The Kier molecular flexibility index (Phi) is 4.15. The number of rotatable bonds is 2. The topological polar surface area (TPSA) is 83.8 Å². The predicted octanol–water partition coefficient (Wildman–Crippen LogP) is 2.56. The average Bonchev–Trinajstić information content (AvgIpc) is 3.25. The Balaban J connectivity index is 1.46. The van der Waals surface area contributed by atoms with Gasteiger partial charge in [-0.25, -0.2) is 4.79 Å². The Morgan fingerprint density at radius 1 is 1.21 bits per heavy atom. The molecule has 28 heavy (non-hydrogen) atoms. The Bertz CT molecular complexity index is 769. The molecular formula is C23H30O5. The first-order chi connectivity index (χ1) is 13.4. The van der Waals surface area contributed by atoms with E-state index in [0.29, 0.717) is 31.3 Å². The molecule has 0 bridgehead atoms. The molecule has 0 spiro atoms. The van der Waals surface area contributed by atoms with Gasteiger partial charge in [-0.2, -0.15) is 0 Å². The quantitative estimate of drug-likeness (QED) is 0.433. The number of fused-ring (bicyclic) bond motifs is 5. The second-order valence-corrected chi connectivity index (χ2v) is 10.0. The lowest BCUT2D eigenvalue weighted by Crippen LogP contribution is -2.57. The second kappa shape index (κ2) is 6.27. The Hall–Kier alpha value is -1.46. The third-order valence-corrected chi connectivity index (χ3v) is 9.02. The van der Waals surface area contributed by atoms with Gasteiger partial charge < -0.3 is 19.7 Å². The third kappa shape index (κ3) is 2.38. The van der Waals surface area contributed by atoms with Crippen LogP contribution in [0.15, 0.2) is 23.3 Å². The van der Waals surface area contributed by atoms with Crippen molar-refractivity contribution in [3.8, 4) is 0 Å². The monoisotopic (exact) mass is 386 g/mol. The maximum atomic E-state index is 12.4. The van der Waals surface area contributed by atoms with Crippen LogP contribution in [0.25, 0.3) is 0 Å². The van der Waals surface area contributed by atoms with Crippen LogP contribution in [-0.2, 0) is 14.3 Å². The smallest absolute Gasteiger partial charge is 0.331 e. The largest absolute Gasteiger partial charge is 0.458 e. The van der Waals surface area contributed by atoms with Crippen molar-refractivity contribution >= 4 is 12.3 Å². The van der Waals surface area contributed by atoms with Crippen LogP contribution in [0.1, 0.15) is 51.9 Å². The van der Waals surface area contributed by atoms with E-state index in [0.717, 1.165) is 44.0 Å². The normalized spacial score (nSPS) is 50.0. The molecule has 1 aliphatic heterocycles. The van der Waals surface area contributed by atoms with Gasteiger partial charge in [0.2, 0.25) is 0 Å². The van der Waals surface area contributed by atoms with Gasteiger partial charge in [-0.05, 0) is 79.6 Å². The molecule has 0 aromatic heterocycles. The second-order valence-electron chi connectivity index (χ2n) is 10.0. The van der Waals surface area contributed by atoms with Gasteiger partial charge in [-0.15, -0.1) is 0 Å². The lowest BCUT2D eigenvalue weighted by atomic mass is 9.45.